The lowest BCUT2D eigenvalue weighted by atomic mass is 9.84. The molecule has 4 fully saturated rings. The summed E-state index contributed by atoms with van der Waals surface area (Å²) < 4.78 is 44.8. The summed E-state index contributed by atoms with van der Waals surface area (Å²) >= 11 is 7.04. The van der Waals surface area contributed by atoms with Crippen molar-refractivity contribution in [2.24, 2.45) is 0 Å². The van der Waals surface area contributed by atoms with Crippen molar-refractivity contribution < 1.29 is 18.3 Å². The number of piperazine rings is 1. The number of halogens is 3. The molecule has 3 heterocycles. The van der Waals surface area contributed by atoms with Crippen LogP contribution in [-0.4, -0.2) is 79.5 Å². The monoisotopic (exact) mass is 675 g/mol. The highest BCUT2D eigenvalue weighted by Gasteiger charge is 2.46. The maximum Gasteiger partial charge on any atom is 0.319 e. The van der Waals surface area contributed by atoms with E-state index >= 15 is 8.78 Å². The van der Waals surface area contributed by atoms with Gasteiger partial charge in [0.25, 0.3) is 0 Å². The maximum atomic E-state index is 17.2. The number of aromatic nitrogens is 2. The van der Waals surface area contributed by atoms with Crippen LogP contribution in [0.25, 0.3) is 32.8 Å². The SMILES string of the molecule is CCC1(c2c(F)ccc3cccc(-c4c(Cl)cc5c(N6CC7CCC(C6)N7)nc(OCCCN(C)CCOC6CC6)nc5c4F)c23)CC1. The molecular formula is C38H44ClF2N5O2. The van der Waals surface area contributed by atoms with Crippen LogP contribution in [0, 0.1) is 11.6 Å². The number of fused-ring (bicyclic) bond motifs is 4. The number of nitrogens with one attached hydrogen (secondary N) is 1. The molecule has 0 spiro atoms. The van der Waals surface area contributed by atoms with Crippen LogP contribution in [0.1, 0.15) is 63.9 Å². The summed E-state index contributed by atoms with van der Waals surface area (Å²) in [5.74, 6) is -0.146. The van der Waals surface area contributed by atoms with Gasteiger partial charge >= 0.3 is 6.01 Å². The highest BCUT2D eigenvalue weighted by molar-refractivity contribution is 6.35. The molecule has 2 bridgehead atoms. The molecule has 3 aromatic carbocycles. The Kier molecular flexibility index (Phi) is 8.68. The molecule has 1 aromatic heterocycles. The Morgan fingerprint density at radius 3 is 2.54 bits per heavy atom. The molecule has 2 saturated carbocycles. The molecule has 2 saturated heterocycles. The van der Waals surface area contributed by atoms with E-state index < -0.39 is 5.82 Å². The van der Waals surface area contributed by atoms with Crippen LogP contribution in [0.5, 0.6) is 6.01 Å². The first kappa shape index (κ1) is 32.1. The minimum atomic E-state index is -0.538. The number of ether oxygens (including phenoxy) is 2. The predicted octanol–water partition coefficient (Wildman–Crippen LogP) is 7.64. The second-order valence-electron chi connectivity index (χ2n) is 14.4. The van der Waals surface area contributed by atoms with Crippen molar-refractivity contribution in [3.63, 3.8) is 0 Å². The molecule has 2 atom stereocenters. The molecule has 48 heavy (non-hydrogen) atoms. The van der Waals surface area contributed by atoms with Gasteiger partial charge in [-0.15, -0.1) is 0 Å². The third kappa shape index (κ3) is 6.12. The van der Waals surface area contributed by atoms with Crippen LogP contribution >= 0.6 is 11.6 Å². The quantitative estimate of drug-likeness (QED) is 0.146. The van der Waals surface area contributed by atoms with Crippen LogP contribution in [0.4, 0.5) is 14.6 Å². The molecule has 254 valence electrons. The number of hydrogen-bond donors (Lipinski definition) is 1. The largest absolute Gasteiger partial charge is 0.463 e. The van der Waals surface area contributed by atoms with Crippen molar-refractivity contribution in [1.82, 2.24) is 20.2 Å². The van der Waals surface area contributed by atoms with Crippen LogP contribution in [-0.2, 0) is 10.2 Å². The van der Waals surface area contributed by atoms with Crippen molar-refractivity contribution in [1.29, 1.82) is 0 Å². The van der Waals surface area contributed by atoms with E-state index in [1.165, 1.54) is 12.8 Å². The Balaban J connectivity index is 1.17. The van der Waals surface area contributed by atoms with Crippen molar-refractivity contribution in [3.05, 3.63) is 58.6 Å². The lowest BCUT2D eigenvalue weighted by Gasteiger charge is -2.34. The smallest absolute Gasteiger partial charge is 0.319 e. The minimum Gasteiger partial charge on any atom is -0.463 e. The first-order chi connectivity index (χ1) is 23.3. The summed E-state index contributed by atoms with van der Waals surface area (Å²) in [5, 5.41) is 6.09. The summed E-state index contributed by atoms with van der Waals surface area (Å²) in [5.41, 5.74) is 1.42. The van der Waals surface area contributed by atoms with Crippen LogP contribution in [0.15, 0.2) is 36.4 Å². The van der Waals surface area contributed by atoms with E-state index in [1.54, 1.807) is 18.2 Å². The molecular weight excluding hydrogens is 632 g/mol. The van der Waals surface area contributed by atoms with Gasteiger partial charge in [-0.1, -0.05) is 42.8 Å². The predicted molar refractivity (Wildman–Crippen MR) is 187 cm³/mol. The van der Waals surface area contributed by atoms with E-state index in [1.807, 2.05) is 18.2 Å². The van der Waals surface area contributed by atoms with Crippen molar-refractivity contribution in [2.75, 3.05) is 51.3 Å². The fourth-order valence-corrected chi connectivity index (χ4v) is 8.21. The Labute approximate surface area is 285 Å². The van der Waals surface area contributed by atoms with Gasteiger partial charge in [-0.2, -0.15) is 9.97 Å². The average Bonchev–Trinajstić information content (AvgIpc) is 4.02. The zero-order valence-corrected chi connectivity index (χ0v) is 28.6. The molecule has 2 aliphatic heterocycles. The van der Waals surface area contributed by atoms with E-state index in [9.17, 15) is 0 Å². The molecule has 1 N–H and O–H groups in total. The molecule has 4 aromatic rings. The topological polar surface area (TPSA) is 62.8 Å². The third-order valence-electron chi connectivity index (χ3n) is 10.9. The fourth-order valence-electron chi connectivity index (χ4n) is 7.91. The van der Waals surface area contributed by atoms with E-state index in [0.717, 1.165) is 82.1 Å². The lowest BCUT2D eigenvalue weighted by Crippen LogP contribution is -2.51. The second kappa shape index (κ2) is 13.0. The number of benzene rings is 3. The normalized spacial score (nSPS) is 21.5. The summed E-state index contributed by atoms with van der Waals surface area (Å²) in [6, 6.07) is 11.7. The summed E-state index contributed by atoms with van der Waals surface area (Å²) in [7, 11) is 2.08. The van der Waals surface area contributed by atoms with Crippen molar-refractivity contribution in [2.45, 2.75) is 81.9 Å². The van der Waals surface area contributed by atoms with Gasteiger partial charge in [0.1, 0.15) is 17.2 Å². The van der Waals surface area contributed by atoms with Gasteiger partial charge < -0.3 is 24.6 Å². The number of likely N-dealkylation sites (N-methyl/N-ethyl adjacent to an activating group) is 1. The first-order valence-corrected chi connectivity index (χ1v) is 18.1. The van der Waals surface area contributed by atoms with Gasteiger partial charge in [-0.3, -0.25) is 0 Å². The van der Waals surface area contributed by atoms with Crippen LogP contribution in [0.3, 0.4) is 0 Å². The zero-order valence-electron chi connectivity index (χ0n) is 27.8. The molecule has 10 heteroatoms. The number of anilines is 1. The van der Waals surface area contributed by atoms with Gasteiger partial charge in [-0.25, -0.2) is 8.78 Å². The number of nitrogens with zero attached hydrogens (tertiary/aromatic N) is 4. The van der Waals surface area contributed by atoms with E-state index in [4.69, 9.17) is 26.1 Å². The van der Waals surface area contributed by atoms with Gasteiger partial charge in [0.2, 0.25) is 0 Å². The Morgan fingerprint density at radius 1 is 1.02 bits per heavy atom. The van der Waals surface area contributed by atoms with Crippen LogP contribution in [0.2, 0.25) is 5.02 Å². The molecule has 7 nitrogen and oxygen atoms in total. The molecule has 8 rings (SSSR count). The van der Waals surface area contributed by atoms with Crippen molar-refractivity contribution in [3.8, 4) is 17.1 Å². The molecule has 2 unspecified atom stereocenters. The second-order valence-corrected chi connectivity index (χ2v) is 14.8. The lowest BCUT2D eigenvalue weighted by molar-refractivity contribution is 0.0971. The average molecular weight is 676 g/mol. The number of rotatable bonds is 13. The standard InChI is InChI=1S/C38H44ClF2N5O2/c1-3-38(14-15-38)33-30(40)13-8-23-6-4-7-27(31(23)33)32-29(39)20-28-35(34(32)41)43-37(44-36(28)46-21-24-9-10-25(22-46)42-24)48-18-5-16-45(2)17-19-47-26-11-12-26/h4,6-8,13,20,24-26,42H,3,5,9-12,14-19,21-22H2,1-2H3. The summed E-state index contributed by atoms with van der Waals surface area (Å²) in [4.78, 5) is 14.0. The van der Waals surface area contributed by atoms with Gasteiger partial charge in [0, 0.05) is 54.8 Å². The van der Waals surface area contributed by atoms with Gasteiger partial charge in [0.05, 0.1) is 24.3 Å². The van der Waals surface area contributed by atoms with E-state index in [-0.39, 0.29) is 33.3 Å². The van der Waals surface area contributed by atoms with E-state index in [0.29, 0.717) is 47.1 Å². The summed E-state index contributed by atoms with van der Waals surface area (Å²) in [6.45, 7) is 6.47. The zero-order chi connectivity index (χ0) is 33.0. The highest BCUT2D eigenvalue weighted by atomic mass is 35.5. The maximum absolute atomic E-state index is 17.2. The molecule has 2 aliphatic carbocycles. The Morgan fingerprint density at radius 2 is 1.81 bits per heavy atom. The summed E-state index contributed by atoms with van der Waals surface area (Å²) in [6.07, 6.45) is 8.43. The van der Waals surface area contributed by atoms with E-state index in [2.05, 4.69) is 34.1 Å². The Hall–Kier alpha value is -3.11. The van der Waals surface area contributed by atoms with Gasteiger partial charge in [-0.05, 0) is 92.3 Å². The van der Waals surface area contributed by atoms with Gasteiger partial charge in [0.15, 0.2) is 5.82 Å². The fraction of sp³-hybridized carbons (Fsp3) is 0.526. The molecule has 0 amide bonds. The van der Waals surface area contributed by atoms with Crippen LogP contribution < -0.4 is 15.0 Å². The highest BCUT2D eigenvalue weighted by Crippen LogP contribution is 2.55. The third-order valence-corrected chi connectivity index (χ3v) is 11.2. The first-order valence-electron chi connectivity index (χ1n) is 17.7. The molecule has 4 aliphatic rings. The van der Waals surface area contributed by atoms with Crippen molar-refractivity contribution >= 4 is 39.1 Å². The minimum absolute atomic E-state index is 0.155. The number of hydrogen-bond acceptors (Lipinski definition) is 7. The Bertz CT molecular complexity index is 1840. The molecule has 0 radical (unpaired) electrons.